The molecule has 18 heavy (non-hydrogen) atoms. The molecule has 2 fully saturated rings. The molecule has 0 saturated carbocycles. The van der Waals surface area contributed by atoms with Crippen LogP contribution in [0.1, 0.15) is 12.8 Å². The maximum absolute atomic E-state index is 12.6. The predicted molar refractivity (Wildman–Crippen MR) is 54.6 cm³/mol. The first-order valence-corrected chi connectivity index (χ1v) is 5.72. The third kappa shape index (κ3) is 2.32. The first-order valence-electron chi connectivity index (χ1n) is 5.72. The van der Waals surface area contributed by atoms with E-state index in [0.717, 1.165) is 4.90 Å². The molecule has 0 aliphatic carbocycles. The van der Waals surface area contributed by atoms with E-state index in [4.69, 9.17) is 0 Å². The van der Waals surface area contributed by atoms with Crippen molar-refractivity contribution in [2.24, 2.45) is 0 Å². The number of likely N-dealkylation sites (tertiary alicyclic amines) is 1. The van der Waals surface area contributed by atoms with E-state index >= 15 is 0 Å². The summed E-state index contributed by atoms with van der Waals surface area (Å²) < 4.78 is 37.7. The normalized spacial score (nSPS) is 37.3. The minimum atomic E-state index is -4.73. The number of β-amino-alcohol motifs (C(OH)–C–C–N with tert-alkyl or cyclic N) is 2. The monoisotopic (exact) mass is 268 g/mol. The van der Waals surface area contributed by atoms with E-state index in [0.29, 0.717) is 0 Å². The second kappa shape index (κ2) is 4.36. The van der Waals surface area contributed by atoms with Crippen LogP contribution in [0.2, 0.25) is 0 Å². The van der Waals surface area contributed by atoms with Crippen LogP contribution in [0.15, 0.2) is 0 Å². The van der Waals surface area contributed by atoms with Gasteiger partial charge >= 0.3 is 6.18 Å². The van der Waals surface area contributed by atoms with Crippen LogP contribution in [0.5, 0.6) is 0 Å². The summed E-state index contributed by atoms with van der Waals surface area (Å²) in [6.45, 7) is -0.597. The Morgan fingerprint density at radius 2 is 2.11 bits per heavy atom. The van der Waals surface area contributed by atoms with Crippen molar-refractivity contribution in [2.75, 3.05) is 19.6 Å². The second-order valence-corrected chi connectivity index (χ2v) is 4.89. The Bertz CT molecular complexity index is 350. The standard InChI is InChI=1S/C10H15F3N2O3/c11-10(12,13)9(18)1-2-15(5-9)8(17)7-3-6(16)4-14-7/h6-7,14,16,18H,1-5H2. The number of alkyl halides is 3. The van der Waals surface area contributed by atoms with E-state index in [1.165, 1.54) is 0 Å². The molecule has 5 nitrogen and oxygen atoms in total. The molecular formula is C10H15F3N2O3. The fourth-order valence-electron chi connectivity index (χ4n) is 2.34. The number of aliphatic hydroxyl groups is 2. The highest BCUT2D eigenvalue weighted by Gasteiger charge is 2.58. The summed E-state index contributed by atoms with van der Waals surface area (Å²) >= 11 is 0. The average molecular weight is 268 g/mol. The zero-order chi connectivity index (χ0) is 13.6. The van der Waals surface area contributed by atoms with Crippen LogP contribution in [0.25, 0.3) is 0 Å². The Morgan fingerprint density at radius 1 is 1.44 bits per heavy atom. The lowest BCUT2D eigenvalue weighted by molar-refractivity contribution is -0.253. The van der Waals surface area contributed by atoms with Crippen molar-refractivity contribution in [1.29, 1.82) is 0 Å². The van der Waals surface area contributed by atoms with Crippen LogP contribution < -0.4 is 5.32 Å². The number of carbonyl (C=O) groups is 1. The molecule has 0 spiro atoms. The summed E-state index contributed by atoms with van der Waals surface area (Å²) in [5.41, 5.74) is -2.81. The molecule has 3 atom stereocenters. The van der Waals surface area contributed by atoms with Crippen LogP contribution in [0, 0.1) is 0 Å². The number of nitrogens with one attached hydrogen (secondary N) is 1. The number of hydrogen-bond acceptors (Lipinski definition) is 4. The summed E-state index contributed by atoms with van der Waals surface area (Å²) in [4.78, 5) is 12.9. The first kappa shape index (κ1) is 13.6. The Kier molecular flexibility index (Phi) is 3.28. The van der Waals surface area contributed by atoms with Crippen molar-refractivity contribution in [1.82, 2.24) is 10.2 Å². The van der Waals surface area contributed by atoms with Crippen LogP contribution in [-0.2, 0) is 4.79 Å². The fraction of sp³-hybridized carbons (Fsp3) is 0.900. The van der Waals surface area contributed by atoms with E-state index in [2.05, 4.69) is 5.32 Å². The molecule has 2 heterocycles. The molecule has 2 saturated heterocycles. The summed E-state index contributed by atoms with van der Waals surface area (Å²) in [5, 5.41) is 21.5. The van der Waals surface area contributed by atoms with E-state index in [-0.39, 0.29) is 19.5 Å². The third-order valence-corrected chi connectivity index (χ3v) is 3.49. The lowest BCUT2D eigenvalue weighted by Crippen LogP contribution is -2.50. The SMILES string of the molecule is O=C(C1CC(O)CN1)N1CCC(O)(C(F)(F)F)C1. The van der Waals surface area contributed by atoms with Crippen molar-refractivity contribution in [2.45, 2.75) is 36.8 Å². The van der Waals surface area contributed by atoms with Gasteiger partial charge in [0.15, 0.2) is 5.60 Å². The van der Waals surface area contributed by atoms with Gasteiger partial charge in [0.05, 0.1) is 18.7 Å². The Balaban J connectivity index is 1.99. The molecule has 0 aromatic carbocycles. The number of halogens is 3. The first-order chi connectivity index (χ1) is 8.23. The average Bonchev–Trinajstić information content (AvgIpc) is 2.84. The van der Waals surface area contributed by atoms with Gasteiger partial charge in [-0.15, -0.1) is 0 Å². The van der Waals surface area contributed by atoms with E-state index in [1.807, 2.05) is 0 Å². The van der Waals surface area contributed by atoms with Crippen molar-refractivity contribution >= 4 is 5.91 Å². The number of aliphatic hydroxyl groups excluding tert-OH is 1. The Morgan fingerprint density at radius 3 is 2.56 bits per heavy atom. The van der Waals surface area contributed by atoms with Gasteiger partial charge in [0.25, 0.3) is 0 Å². The number of carbonyl (C=O) groups excluding carboxylic acids is 1. The summed E-state index contributed by atoms with van der Waals surface area (Å²) in [5.74, 6) is -0.494. The molecule has 0 aromatic heterocycles. The van der Waals surface area contributed by atoms with Crippen molar-refractivity contribution in [3.05, 3.63) is 0 Å². The minimum absolute atomic E-state index is 0.122. The molecular weight excluding hydrogens is 253 g/mol. The smallest absolute Gasteiger partial charge is 0.392 e. The molecule has 0 bridgehead atoms. The molecule has 2 rings (SSSR count). The van der Waals surface area contributed by atoms with Gasteiger partial charge in [0, 0.05) is 19.5 Å². The van der Waals surface area contributed by atoms with Crippen molar-refractivity contribution in [3.8, 4) is 0 Å². The van der Waals surface area contributed by atoms with Gasteiger partial charge in [-0.05, 0) is 6.42 Å². The Hall–Kier alpha value is -0.860. The lowest BCUT2D eigenvalue weighted by Gasteiger charge is -2.26. The fourth-order valence-corrected chi connectivity index (χ4v) is 2.34. The molecule has 0 radical (unpaired) electrons. The summed E-state index contributed by atoms with van der Waals surface area (Å²) in [7, 11) is 0. The highest BCUT2D eigenvalue weighted by atomic mass is 19.4. The molecule has 1 amide bonds. The highest BCUT2D eigenvalue weighted by molar-refractivity contribution is 5.82. The predicted octanol–water partition coefficient (Wildman–Crippen LogP) is -0.765. The highest BCUT2D eigenvalue weighted by Crippen LogP contribution is 2.37. The van der Waals surface area contributed by atoms with E-state index in [9.17, 15) is 28.2 Å². The zero-order valence-electron chi connectivity index (χ0n) is 9.57. The maximum atomic E-state index is 12.6. The van der Waals surface area contributed by atoms with Crippen molar-refractivity contribution in [3.63, 3.8) is 0 Å². The van der Waals surface area contributed by atoms with Crippen LogP contribution >= 0.6 is 0 Å². The molecule has 2 aliphatic rings. The molecule has 0 aromatic rings. The maximum Gasteiger partial charge on any atom is 0.419 e. The number of amides is 1. The number of nitrogens with zero attached hydrogens (tertiary/aromatic N) is 1. The van der Waals surface area contributed by atoms with Gasteiger partial charge in [0.1, 0.15) is 0 Å². The van der Waals surface area contributed by atoms with Crippen molar-refractivity contribution < 1.29 is 28.2 Å². The molecule has 3 unspecified atom stereocenters. The van der Waals surface area contributed by atoms with Gasteiger partial charge < -0.3 is 20.4 Å². The lowest BCUT2D eigenvalue weighted by atomic mass is 10.0. The molecule has 104 valence electrons. The second-order valence-electron chi connectivity index (χ2n) is 4.89. The van der Waals surface area contributed by atoms with Crippen LogP contribution in [-0.4, -0.2) is 64.6 Å². The van der Waals surface area contributed by atoms with Gasteiger partial charge in [0.2, 0.25) is 5.91 Å². The van der Waals surface area contributed by atoms with Gasteiger partial charge in [-0.3, -0.25) is 4.79 Å². The topological polar surface area (TPSA) is 72.8 Å². The quantitative estimate of drug-likeness (QED) is 0.584. The van der Waals surface area contributed by atoms with E-state index < -0.39 is 42.8 Å². The van der Waals surface area contributed by atoms with Gasteiger partial charge in [-0.25, -0.2) is 0 Å². The van der Waals surface area contributed by atoms with E-state index in [1.54, 1.807) is 0 Å². The number of hydrogen-bond donors (Lipinski definition) is 3. The molecule has 3 N–H and O–H groups in total. The zero-order valence-corrected chi connectivity index (χ0v) is 9.57. The molecule has 8 heteroatoms. The van der Waals surface area contributed by atoms with Gasteiger partial charge in [-0.1, -0.05) is 0 Å². The van der Waals surface area contributed by atoms with Crippen LogP contribution in [0.3, 0.4) is 0 Å². The Labute approximate surface area is 102 Å². The van der Waals surface area contributed by atoms with Crippen LogP contribution in [0.4, 0.5) is 13.2 Å². The summed E-state index contributed by atoms with van der Waals surface area (Å²) in [6.07, 6.45) is -5.69. The summed E-state index contributed by atoms with van der Waals surface area (Å²) in [6, 6.07) is -0.657. The van der Waals surface area contributed by atoms with Gasteiger partial charge in [-0.2, -0.15) is 13.2 Å². The minimum Gasteiger partial charge on any atom is -0.392 e. The largest absolute Gasteiger partial charge is 0.419 e. The molecule has 2 aliphatic heterocycles. The number of rotatable bonds is 1. The third-order valence-electron chi connectivity index (χ3n) is 3.49.